The molecule has 3 nitrogen and oxygen atoms in total. The molecule has 0 aliphatic carbocycles. The third kappa shape index (κ3) is 2.71. The molecular weight excluding hydrogens is 192 g/mol. The Hall–Kier alpha value is -0.120. The number of rotatable bonds is 3. The van der Waals surface area contributed by atoms with E-state index in [9.17, 15) is 5.11 Å². The van der Waals surface area contributed by atoms with Gasteiger partial charge in [-0.05, 0) is 44.9 Å². The largest absolute Gasteiger partial charge is 0.390 e. The van der Waals surface area contributed by atoms with Crippen molar-refractivity contribution in [2.45, 2.75) is 50.7 Å². The zero-order valence-electron chi connectivity index (χ0n) is 9.58. The normalized spacial score (nSPS) is 35.6. The maximum atomic E-state index is 10.2. The van der Waals surface area contributed by atoms with E-state index < -0.39 is 0 Å². The second kappa shape index (κ2) is 4.81. The van der Waals surface area contributed by atoms with Crippen molar-refractivity contribution in [2.24, 2.45) is 5.92 Å². The summed E-state index contributed by atoms with van der Waals surface area (Å²) in [6.45, 7) is 4.56. The van der Waals surface area contributed by atoms with Gasteiger partial charge in [-0.3, -0.25) is 0 Å². The predicted octanol–water partition coefficient (Wildman–Crippen LogP) is 1.73. The van der Waals surface area contributed by atoms with Gasteiger partial charge in [0.25, 0.3) is 0 Å². The molecule has 2 heterocycles. The van der Waals surface area contributed by atoms with E-state index >= 15 is 0 Å². The highest BCUT2D eigenvalue weighted by atomic mass is 16.5. The van der Waals surface area contributed by atoms with Crippen LogP contribution in [0.15, 0.2) is 0 Å². The Balaban J connectivity index is 1.82. The second-order valence-corrected chi connectivity index (χ2v) is 5.07. The molecule has 2 rings (SSSR count). The Morgan fingerprint density at radius 2 is 2.07 bits per heavy atom. The molecule has 3 heteroatoms. The molecule has 0 saturated carbocycles. The van der Waals surface area contributed by atoms with Crippen LogP contribution in [0.2, 0.25) is 0 Å². The molecule has 0 bridgehead atoms. The molecule has 88 valence electrons. The molecule has 0 aromatic carbocycles. The highest BCUT2D eigenvalue weighted by Crippen LogP contribution is 2.33. The van der Waals surface area contributed by atoms with Crippen LogP contribution in [0.1, 0.15) is 39.0 Å². The maximum absolute atomic E-state index is 10.2. The molecule has 2 aliphatic heterocycles. The summed E-state index contributed by atoms with van der Waals surface area (Å²) in [5.41, 5.74) is -0.279. The SMILES string of the molecule is CC1(C(O)CC2CCOCC2)CCCO1. The molecule has 0 aromatic rings. The average Bonchev–Trinajstić information content (AvgIpc) is 2.68. The minimum atomic E-state index is -0.303. The van der Waals surface area contributed by atoms with Crippen LogP contribution in [-0.4, -0.2) is 36.6 Å². The van der Waals surface area contributed by atoms with Crippen molar-refractivity contribution in [3.63, 3.8) is 0 Å². The molecule has 1 N–H and O–H groups in total. The van der Waals surface area contributed by atoms with Gasteiger partial charge in [0.1, 0.15) is 0 Å². The summed E-state index contributed by atoms with van der Waals surface area (Å²) < 4.78 is 11.0. The topological polar surface area (TPSA) is 38.7 Å². The van der Waals surface area contributed by atoms with Crippen molar-refractivity contribution in [1.29, 1.82) is 0 Å². The van der Waals surface area contributed by atoms with Gasteiger partial charge in [-0.15, -0.1) is 0 Å². The lowest BCUT2D eigenvalue weighted by Crippen LogP contribution is -2.40. The van der Waals surface area contributed by atoms with Crippen molar-refractivity contribution in [2.75, 3.05) is 19.8 Å². The summed E-state index contributed by atoms with van der Waals surface area (Å²) in [6.07, 6.45) is 4.84. The van der Waals surface area contributed by atoms with Crippen LogP contribution in [0.4, 0.5) is 0 Å². The fourth-order valence-corrected chi connectivity index (χ4v) is 2.61. The second-order valence-electron chi connectivity index (χ2n) is 5.07. The minimum Gasteiger partial charge on any atom is -0.390 e. The van der Waals surface area contributed by atoms with E-state index in [0.717, 1.165) is 51.9 Å². The van der Waals surface area contributed by atoms with Crippen LogP contribution < -0.4 is 0 Å². The quantitative estimate of drug-likeness (QED) is 0.777. The van der Waals surface area contributed by atoms with Gasteiger partial charge in [0.15, 0.2) is 0 Å². The molecule has 0 aromatic heterocycles. The number of hydrogen-bond acceptors (Lipinski definition) is 3. The molecule has 2 unspecified atom stereocenters. The van der Waals surface area contributed by atoms with Gasteiger partial charge < -0.3 is 14.6 Å². The van der Waals surface area contributed by atoms with Crippen molar-refractivity contribution >= 4 is 0 Å². The molecule has 2 aliphatic rings. The smallest absolute Gasteiger partial charge is 0.0913 e. The first-order chi connectivity index (χ1) is 7.21. The van der Waals surface area contributed by atoms with Crippen molar-refractivity contribution in [3.8, 4) is 0 Å². The monoisotopic (exact) mass is 214 g/mol. The lowest BCUT2D eigenvalue weighted by molar-refractivity contribution is -0.0906. The van der Waals surface area contributed by atoms with Crippen LogP contribution in [-0.2, 0) is 9.47 Å². The molecule has 0 radical (unpaired) electrons. The molecule has 0 spiro atoms. The van der Waals surface area contributed by atoms with Gasteiger partial charge in [0.2, 0.25) is 0 Å². The third-order valence-electron chi connectivity index (χ3n) is 3.85. The van der Waals surface area contributed by atoms with Gasteiger partial charge in [0.05, 0.1) is 11.7 Å². The van der Waals surface area contributed by atoms with E-state index in [0.29, 0.717) is 5.92 Å². The summed E-state index contributed by atoms with van der Waals surface area (Å²) in [6, 6.07) is 0. The van der Waals surface area contributed by atoms with Gasteiger partial charge in [-0.25, -0.2) is 0 Å². The first-order valence-electron chi connectivity index (χ1n) is 6.10. The zero-order valence-corrected chi connectivity index (χ0v) is 9.58. The zero-order chi connectivity index (χ0) is 10.7. The van der Waals surface area contributed by atoms with Crippen LogP contribution in [0.3, 0.4) is 0 Å². The third-order valence-corrected chi connectivity index (χ3v) is 3.85. The van der Waals surface area contributed by atoms with E-state index in [4.69, 9.17) is 9.47 Å². The molecule has 2 saturated heterocycles. The Morgan fingerprint density at radius 1 is 1.33 bits per heavy atom. The predicted molar refractivity (Wildman–Crippen MR) is 57.8 cm³/mol. The van der Waals surface area contributed by atoms with E-state index in [1.54, 1.807) is 0 Å². The van der Waals surface area contributed by atoms with Crippen molar-refractivity contribution in [3.05, 3.63) is 0 Å². The molecule has 2 atom stereocenters. The van der Waals surface area contributed by atoms with Crippen LogP contribution in [0, 0.1) is 5.92 Å². The molecule has 15 heavy (non-hydrogen) atoms. The molecule has 0 amide bonds. The van der Waals surface area contributed by atoms with E-state index in [1.165, 1.54) is 0 Å². The highest BCUT2D eigenvalue weighted by molar-refractivity contribution is 4.89. The summed E-state index contributed by atoms with van der Waals surface area (Å²) in [7, 11) is 0. The molecule has 2 fully saturated rings. The first-order valence-corrected chi connectivity index (χ1v) is 6.10. The standard InChI is InChI=1S/C12H22O3/c1-12(5-2-6-15-12)11(13)9-10-3-7-14-8-4-10/h10-11,13H,2-9H2,1H3. The number of aliphatic hydroxyl groups excluding tert-OH is 1. The summed E-state index contributed by atoms with van der Waals surface area (Å²) in [4.78, 5) is 0. The Bertz CT molecular complexity index is 193. The Morgan fingerprint density at radius 3 is 2.67 bits per heavy atom. The number of ether oxygens (including phenoxy) is 2. The summed E-state index contributed by atoms with van der Waals surface area (Å²) in [5, 5.41) is 10.2. The van der Waals surface area contributed by atoms with Crippen molar-refractivity contribution in [1.82, 2.24) is 0 Å². The number of aliphatic hydroxyl groups is 1. The van der Waals surface area contributed by atoms with Gasteiger partial charge in [0, 0.05) is 19.8 Å². The summed E-state index contributed by atoms with van der Waals surface area (Å²) >= 11 is 0. The van der Waals surface area contributed by atoms with Gasteiger partial charge in [-0.1, -0.05) is 0 Å². The van der Waals surface area contributed by atoms with Gasteiger partial charge >= 0.3 is 0 Å². The summed E-state index contributed by atoms with van der Waals surface area (Å²) in [5.74, 6) is 0.620. The van der Waals surface area contributed by atoms with Crippen LogP contribution in [0.5, 0.6) is 0 Å². The average molecular weight is 214 g/mol. The lowest BCUT2D eigenvalue weighted by Gasteiger charge is -2.33. The Kier molecular flexibility index (Phi) is 3.65. The number of hydrogen-bond donors (Lipinski definition) is 1. The highest BCUT2D eigenvalue weighted by Gasteiger charge is 2.38. The van der Waals surface area contributed by atoms with E-state index in [1.807, 2.05) is 6.92 Å². The minimum absolute atomic E-state index is 0.279. The molecular formula is C12H22O3. The first kappa shape index (κ1) is 11.4. The maximum Gasteiger partial charge on any atom is 0.0913 e. The van der Waals surface area contributed by atoms with Gasteiger partial charge in [-0.2, -0.15) is 0 Å². The van der Waals surface area contributed by atoms with Crippen LogP contribution >= 0.6 is 0 Å². The fraction of sp³-hybridized carbons (Fsp3) is 1.00. The lowest BCUT2D eigenvalue weighted by atomic mass is 9.85. The van der Waals surface area contributed by atoms with Crippen LogP contribution in [0.25, 0.3) is 0 Å². The van der Waals surface area contributed by atoms with Crippen molar-refractivity contribution < 1.29 is 14.6 Å². The fourth-order valence-electron chi connectivity index (χ4n) is 2.61. The van der Waals surface area contributed by atoms with E-state index in [2.05, 4.69) is 0 Å². The van der Waals surface area contributed by atoms with E-state index in [-0.39, 0.29) is 11.7 Å². The Labute approximate surface area is 91.8 Å².